The molecule has 0 spiro atoms. The van der Waals surface area contributed by atoms with E-state index >= 15 is 0 Å². The molecule has 5 heteroatoms. The van der Waals surface area contributed by atoms with Gasteiger partial charge in [0.25, 0.3) is 0 Å². The first-order chi connectivity index (χ1) is 8.72. The number of nitrogens with one attached hydrogen (secondary N) is 1. The van der Waals surface area contributed by atoms with Crippen LogP contribution in [0.5, 0.6) is 0 Å². The van der Waals surface area contributed by atoms with E-state index in [0.717, 1.165) is 12.8 Å². The normalized spacial score (nSPS) is 36.6. The highest BCUT2D eigenvalue weighted by Gasteiger charge is 2.39. The summed E-state index contributed by atoms with van der Waals surface area (Å²) in [4.78, 5) is 22.7. The third kappa shape index (κ3) is 2.21. The average molecular weight is 251 g/mol. The minimum atomic E-state index is -0.607. The summed E-state index contributed by atoms with van der Waals surface area (Å²) in [6.07, 6.45) is 6.31. The maximum atomic E-state index is 12.0. The fraction of sp³-hybridized carbons (Fsp3) is 0.692. The molecule has 1 aliphatic heterocycles. The number of cyclic esters (lactones) is 2. The smallest absolute Gasteiger partial charge is 0.430 e. The van der Waals surface area contributed by atoms with Crippen molar-refractivity contribution >= 4 is 12.1 Å². The van der Waals surface area contributed by atoms with E-state index in [1.54, 1.807) is 0 Å². The maximum absolute atomic E-state index is 12.0. The predicted octanol–water partition coefficient (Wildman–Crippen LogP) is 1.24. The molecule has 3 rings (SSSR count). The monoisotopic (exact) mass is 251 g/mol. The SMILES string of the molecule is O=C1OCC(CCNC(=O)C2CC3C=CC2C3)O1. The van der Waals surface area contributed by atoms with Crippen LogP contribution in [-0.4, -0.2) is 31.3 Å². The first kappa shape index (κ1) is 11.6. The molecule has 1 heterocycles. The van der Waals surface area contributed by atoms with Gasteiger partial charge in [0.2, 0.25) is 5.91 Å². The van der Waals surface area contributed by atoms with Crippen molar-refractivity contribution in [1.82, 2.24) is 5.32 Å². The lowest BCUT2D eigenvalue weighted by molar-refractivity contribution is -0.125. The van der Waals surface area contributed by atoms with Crippen LogP contribution in [0.2, 0.25) is 0 Å². The summed E-state index contributed by atoms with van der Waals surface area (Å²) in [5.74, 6) is 1.32. The van der Waals surface area contributed by atoms with Gasteiger partial charge in [0.1, 0.15) is 12.7 Å². The molecule has 2 bridgehead atoms. The van der Waals surface area contributed by atoms with Crippen LogP contribution in [0.25, 0.3) is 0 Å². The van der Waals surface area contributed by atoms with Crippen molar-refractivity contribution in [3.63, 3.8) is 0 Å². The van der Waals surface area contributed by atoms with Gasteiger partial charge >= 0.3 is 6.16 Å². The Morgan fingerprint density at radius 1 is 1.39 bits per heavy atom. The molecular formula is C13H17NO4. The summed E-state index contributed by atoms with van der Waals surface area (Å²) in [6, 6.07) is 0. The van der Waals surface area contributed by atoms with Crippen molar-refractivity contribution in [2.75, 3.05) is 13.2 Å². The molecule has 1 saturated heterocycles. The van der Waals surface area contributed by atoms with E-state index in [1.165, 1.54) is 0 Å². The largest absolute Gasteiger partial charge is 0.508 e. The Morgan fingerprint density at radius 2 is 2.28 bits per heavy atom. The Morgan fingerprint density at radius 3 is 2.89 bits per heavy atom. The summed E-state index contributed by atoms with van der Waals surface area (Å²) in [5, 5.41) is 2.93. The van der Waals surface area contributed by atoms with Gasteiger partial charge in [-0.3, -0.25) is 4.79 Å². The van der Waals surface area contributed by atoms with E-state index in [4.69, 9.17) is 4.74 Å². The quantitative estimate of drug-likeness (QED) is 0.603. The third-order valence-electron chi connectivity index (χ3n) is 4.03. The van der Waals surface area contributed by atoms with Crippen LogP contribution in [0.15, 0.2) is 12.2 Å². The standard InChI is InChI=1S/C13H17NO4/c15-12(11-6-8-1-2-9(11)5-8)14-4-3-10-7-17-13(16)18-10/h1-2,8-11H,3-7H2,(H,14,15). The van der Waals surface area contributed by atoms with Crippen molar-refractivity contribution in [3.05, 3.63) is 12.2 Å². The molecule has 5 nitrogen and oxygen atoms in total. The van der Waals surface area contributed by atoms with E-state index in [0.29, 0.717) is 31.4 Å². The van der Waals surface area contributed by atoms with Crippen molar-refractivity contribution in [1.29, 1.82) is 0 Å². The van der Waals surface area contributed by atoms with Gasteiger partial charge in [-0.1, -0.05) is 12.2 Å². The predicted molar refractivity (Wildman–Crippen MR) is 62.7 cm³/mol. The molecule has 1 amide bonds. The van der Waals surface area contributed by atoms with Crippen LogP contribution in [0.1, 0.15) is 19.3 Å². The summed E-state index contributed by atoms with van der Waals surface area (Å²) in [5.41, 5.74) is 0. The van der Waals surface area contributed by atoms with Gasteiger partial charge < -0.3 is 14.8 Å². The molecule has 1 N–H and O–H groups in total. The summed E-state index contributed by atoms with van der Waals surface area (Å²) in [6.45, 7) is 0.837. The van der Waals surface area contributed by atoms with E-state index in [9.17, 15) is 9.59 Å². The Labute approximate surface area is 106 Å². The number of amides is 1. The molecular weight excluding hydrogens is 234 g/mol. The number of carbonyl (C=O) groups excluding carboxylic acids is 2. The number of hydrogen-bond donors (Lipinski definition) is 1. The van der Waals surface area contributed by atoms with E-state index in [2.05, 4.69) is 22.2 Å². The Balaban J connectivity index is 1.40. The fourth-order valence-corrected chi connectivity index (χ4v) is 3.08. The fourth-order valence-electron chi connectivity index (χ4n) is 3.08. The first-order valence-electron chi connectivity index (χ1n) is 6.52. The minimum absolute atomic E-state index is 0.136. The molecule has 2 aliphatic carbocycles. The number of carbonyl (C=O) groups is 2. The van der Waals surface area contributed by atoms with E-state index < -0.39 is 6.16 Å². The zero-order valence-electron chi connectivity index (χ0n) is 10.1. The Hall–Kier alpha value is -1.52. The van der Waals surface area contributed by atoms with Gasteiger partial charge in [-0.15, -0.1) is 0 Å². The lowest BCUT2D eigenvalue weighted by atomic mass is 9.93. The van der Waals surface area contributed by atoms with Gasteiger partial charge in [-0.2, -0.15) is 0 Å². The Bertz CT molecular complexity index is 392. The molecule has 18 heavy (non-hydrogen) atoms. The molecule has 2 fully saturated rings. The van der Waals surface area contributed by atoms with Crippen LogP contribution < -0.4 is 5.32 Å². The lowest BCUT2D eigenvalue weighted by Gasteiger charge is -2.17. The van der Waals surface area contributed by atoms with Crippen molar-refractivity contribution in [3.8, 4) is 0 Å². The molecule has 98 valence electrons. The van der Waals surface area contributed by atoms with Crippen molar-refractivity contribution in [2.45, 2.75) is 25.4 Å². The molecule has 0 radical (unpaired) electrons. The summed E-state index contributed by atoms with van der Waals surface area (Å²) >= 11 is 0. The molecule has 0 aromatic carbocycles. The topological polar surface area (TPSA) is 64.6 Å². The molecule has 1 saturated carbocycles. The average Bonchev–Trinajstić information content (AvgIpc) is 3.05. The zero-order valence-corrected chi connectivity index (χ0v) is 10.1. The van der Waals surface area contributed by atoms with Gasteiger partial charge in [0, 0.05) is 18.9 Å². The number of allylic oxidation sites excluding steroid dienone is 2. The summed E-state index contributed by atoms with van der Waals surface area (Å²) in [7, 11) is 0. The second kappa shape index (κ2) is 4.63. The van der Waals surface area contributed by atoms with Crippen LogP contribution in [0.3, 0.4) is 0 Å². The van der Waals surface area contributed by atoms with Gasteiger partial charge in [0.05, 0.1) is 0 Å². The molecule has 4 atom stereocenters. The van der Waals surface area contributed by atoms with Crippen molar-refractivity contribution in [2.24, 2.45) is 17.8 Å². The molecule has 4 unspecified atom stereocenters. The van der Waals surface area contributed by atoms with E-state index in [1.807, 2.05) is 0 Å². The van der Waals surface area contributed by atoms with Gasteiger partial charge in [-0.05, 0) is 24.7 Å². The lowest BCUT2D eigenvalue weighted by Crippen LogP contribution is -2.34. The number of fused-ring (bicyclic) bond motifs is 2. The summed E-state index contributed by atoms with van der Waals surface area (Å²) < 4.78 is 9.57. The van der Waals surface area contributed by atoms with Crippen LogP contribution in [0, 0.1) is 17.8 Å². The number of rotatable bonds is 4. The second-order valence-electron chi connectivity index (χ2n) is 5.27. The Kier molecular flexibility index (Phi) is 2.97. The molecule has 0 aromatic heterocycles. The van der Waals surface area contributed by atoms with Gasteiger partial charge in [-0.25, -0.2) is 4.79 Å². The maximum Gasteiger partial charge on any atom is 0.508 e. The first-order valence-corrected chi connectivity index (χ1v) is 6.52. The second-order valence-corrected chi connectivity index (χ2v) is 5.27. The zero-order chi connectivity index (χ0) is 12.5. The van der Waals surface area contributed by atoms with Gasteiger partial charge in [0.15, 0.2) is 0 Å². The highest BCUT2D eigenvalue weighted by molar-refractivity contribution is 5.79. The minimum Gasteiger partial charge on any atom is -0.430 e. The number of hydrogen-bond acceptors (Lipinski definition) is 4. The van der Waals surface area contributed by atoms with E-state index in [-0.39, 0.29) is 17.9 Å². The highest BCUT2D eigenvalue weighted by atomic mass is 16.8. The number of ether oxygens (including phenoxy) is 2. The van der Waals surface area contributed by atoms with Crippen molar-refractivity contribution < 1.29 is 19.1 Å². The molecule has 0 aromatic rings. The highest BCUT2D eigenvalue weighted by Crippen LogP contribution is 2.43. The van der Waals surface area contributed by atoms with Crippen LogP contribution in [-0.2, 0) is 14.3 Å². The van der Waals surface area contributed by atoms with Crippen LogP contribution in [0.4, 0.5) is 4.79 Å². The van der Waals surface area contributed by atoms with Crippen LogP contribution >= 0.6 is 0 Å². The third-order valence-corrected chi connectivity index (χ3v) is 4.03. The molecule has 3 aliphatic rings.